The fraction of sp³-hybridized carbons (Fsp3) is 0.385. The lowest BCUT2D eigenvalue weighted by Crippen LogP contribution is -2.25. The summed E-state index contributed by atoms with van der Waals surface area (Å²) in [5.74, 6) is -1.84. The van der Waals surface area contributed by atoms with E-state index < -0.39 is 11.9 Å². The molecule has 2 N–H and O–H groups in total. The molecule has 0 spiro atoms. The number of carboxylic acids is 1. The van der Waals surface area contributed by atoms with E-state index >= 15 is 0 Å². The fourth-order valence-corrected chi connectivity index (χ4v) is 1.90. The third kappa shape index (κ3) is 2.84. The number of rotatable bonds is 4. The first-order valence-electron chi connectivity index (χ1n) is 5.64. The van der Waals surface area contributed by atoms with Crippen molar-refractivity contribution in [2.24, 2.45) is 11.8 Å². The summed E-state index contributed by atoms with van der Waals surface area (Å²) in [5, 5.41) is 11.5. The van der Waals surface area contributed by atoms with Crippen molar-refractivity contribution >= 4 is 11.9 Å². The van der Waals surface area contributed by atoms with Gasteiger partial charge in [-0.25, -0.2) is 0 Å². The first kappa shape index (κ1) is 11.6. The van der Waals surface area contributed by atoms with E-state index in [1.165, 1.54) is 0 Å². The topological polar surface area (TPSA) is 66.4 Å². The van der Waals surface area contributed by atoms with Crippen LogP contribution >= 0.6 is 0 Å². The Morgan fingerprint density at radius 3 is 2.76 bits per heavy atom. The predicted molar refractivity (Wildman–Crippen MR) is 62.3 cm³/mol. The number of amides is 1. The van der Waals surface area contributed by atoms with Crippen molar-refractivity contribution in [1.29, 1.82) is 0 Å². The van der Waals surface area contributed by atoms with Crippen LogP contribution in [0.4, 0.5) is 0 Å². The second kappa shape index (κ2) is 4.57. The Bertz CT molecular complexity index is 456. The number of carbonyl (C=O) groups excluding carboxylic acids is 1. The van der Waals surface area contributed by atoms with Crippen LogP contribution in [0, 0.1) is 18.8 Å². The van der Waals surface area contributed by atoms with Crippen LogP contribution in [0.5, 0.6) is 0 Å². The molecular weight excluding hydrogens is 218 g/mol. The van der Waals surface area contributed by atoms with Gasteiger partial charge in [0.2, 0.25) is 5.91 Å². The number of hydrogen-bond acceptors (Lipinski definition) is 2. The Balaban J connectivity index is 1.83. The number of aryl methyl sites for hydroxylation is 1. The molecule has 90 valence electrons. The molecule has 1 aromatic carbocycles. The number of benzene rings is 1. The van der Waals surface area contributed by atoms with Gasteiger partial charge in [-0.3, -0.25) is 9.59 Å². The molecule has 0 heterocycles. The lowest BCUT2D eigenvalue weighted by Gasteiger charge is -2.05. The van der Waals surface area contributed by atoms with Gasteiger partial charge in [0.25, 0.3) is 0 Å². The van der Waals surface area contributed by atoms with E-state index in [9.17, 15) is 9.59 Å². The quantitative estimate of drug-likeness (QED) is 0.824. The zero-order chi connectivity index (χ0) is 12.4. The zero-order valence-corrected chi connectivity index (χ0v) is 9.64. The molecule has 0 aromatic heterocycles. The van der Waals surface area contributed by atoms with Crippen LogP contribution in [0.25, 0.3) is 0 Å². The van der Waals surface area contributed by atoms with Crippen LogP contribution in [0.15, 0.2) is 24.3 Å². The third-order valence-corrected chi connectivity index (χ3v) is 2.99. The normalized spacial score (nSPS) is 21.9. The maximum atomic E-state index is 11.6. The monoisotopic (exact) mass is 233 g/mol. The third-order valence-electron chi connectivity index (χ3n) is 2.99. The summed E-state index contributed by atoms with van der Waals surface area (Å²) in [4.78, 5) is 22.2. The van der Waals surface area contributed by atoms with Crippen LogP contribution in [-0.4, -0.2) is 17.0 Å². The summed E-state index contributed by atoms with van der Waals surface area (Å²) < 4.78 is 0. The lowest BCUT2D eigenvalue weighted by molar-refractivity contribution is -0.140. The summed E-state index contributed by atoms with van der Waals surface area (Å²) in [6.45, 7) is 2.45. The molecule has 1 aliphatic rings. The van der Waals surface area contributed by atoms with Crippen molar-refractivity contribution in [3.8, 4) is 0 Å². The van der Waals surface area contributed by atoms with Crippen molar-refractivity contribution in [1.82, 2.24) is 5.32 Å². The Morgan fingerprint density at radius 2 is 2.18 bits per heavy atom. The summed E-state index contributed by atoms with van der Waals surface area (Å²) in [6, 6.07) is 7.87. The zero-order valence-electron chi connectivity index (χ0n) is 9.64. The summed E-state index contributed by atoms with van der Waals surface area (Å²) in [6.07, 6.45) is 0.467. The van der Waals surface area contributed by atoms with Gasteiger partial charge in [-0.05, 0) is 18.9 Å². The molecule has 4 nitrogen and oxygen atoms in total. The van der Waals surface area contributed by atoms with Crippen molar-refractivity contribution in [2.45, 2.75) is 19.9 Å². The molecule has 1 fully saturated rings. The Morgan fingerprint density at radius 1 is 1.41 bits per heavy atom. The average Bonchev–Trinajstić information content (AvgIpc) is 3.06. The number of carboxylic acid groups (broad SMARTS) is 1. The smallest absolute Gasteiger partial charge is 0.307 e. The minimum atomic E-state index is -0.874. The molecular formula is C13H15NO3. The highest BCUT2D eigenvalue weighted by atomic mass is 16.4. The second-order valence-corrected chi connectivity index (χ2v) is 4.49. The van der Waals surface area contributed by atoms with E-state index in [-0.39, 0.29) is 11.8 Å². The average molecular weight is 233 g/mol. The highest BCUT2D eigenvalue weighted by Gasteiger charge is 2.48. The van der Waals surface area contributed by atoms with Gasteiger partial charge in [0, 0.05) is 6.54 Å². The highest BCUT2D eigenvalue weighted by Crippen LogP contribution is 2.38. The van der Waals surface area contributed by atoms with E-state index in [0.29, 0.717) is 13.0 Å². The minimum Gasteiger partial charge on any atom is -0.481 e. The SMILES string of the molecule is Cc1cccc(CNC(=O)C2CC2C(=O)O)c1. The van der Waals surface area contributed by atoms with Crippen LogP contribution in [-0.2, 0) is 16.1 Å². The van der Waals surface area contributed by atoms with Crippen LogP contribution < -0.4 is 5.32 Å². The van der Waals surface area contributed by atoms with E-state index in [2.05, 4.69) is 5.32 Å². The number of hydrogen-bond donors (Lipinski definition) is 2. The van der Waals surface area contributed by atoms with Gasteiger partial charge in [-0.1, -0.05) is 29.8 Å². The Kier molecular flexibility index (Phi) is 3.13. The standard InChI is InChI=1S/C13H15NO3/c1-8-3-2-4-9(5-8)7-14-12(15)10-6-11(10)13(16)17/h2-5,10-11H,6-7H2,1H3,(H,14,15)(H,16,17). The van der Waals surface area contributed by atoms with Gasteiger partial charge < -0.3 is 10.4 Å². The van der Waals surface area contributed by atoms with E-state index in [0.717, 1.165) is 11.1 Å². The van der Waals surface area contributed by atoms with Gasteiger partial charge >= 0.3 is 5.97 Å². The van der Waals surface area contributed by atoms with Crippen molar-refractivity contribution in [3.05, 3.63) is 35.4 Å². The molecule has 1 aromatic rings. The minimum absolute atomic E-state index is 0.154. The molecule has 0 bridgehead atoms. The molecule has 4 heteroatoms. The van der Waals surface area contributed by atoms with E-state index in [4.69, 9.17) is 5.11 Å². The molecule has 0 radical (unpaired) electrons. The molecule has 2 unspecified atom stereocenters. The Hall–Kier alpha value is -1.84. The van der Waals surface area contributed by atoms with Crippen molar-refractivity contribution < 1.29 is 14.7 Å². The van der Waals surface area contributed by atoms with Gasteiger partial charge in [-0.15, -0.1) is 0 Å². The van der Waals surface area contributed by atoms with E-state index in [1.807, 2.05) is 31.2 Å². The molecule has 1 saturated carbocycles. The first-order chi connectivity index (χ1) is 8.08. The van der Waals surface area contributed by atoms with Crippen molar-refractivity contribution in [3.63, 3.8) is 0 Å². The number of aliphatic carboxylic acids is 1. The first-order valence-corrected chi connectivity index (χ1v) is 5.64. The van der Waals surface area contributed by atoms with Gasteiger partial charge in [0.05, 0.1) is 11.8 Å². The lowest BCUT2D eigenvalue weighted by atomic mass is 10.1. The van der Waals surface area contributed by atoms with Crippen molar-refractivity contribution in [2.75, 3.05) is 0 Å². The highest BCUT2D eigenvalue weighted by molar-refractivity contribution is 5.89. The predicted octanol–water partition coefficient (Wildman–Crippen LogP) is 1.33. The second-order valence-electron chi connectivity index (χ2n) is 4.49. The van der Waals surface area contributed by atoms with Crippen LogP contribution in [0.3, 0.4) is 0 Å². The molecule has 2 atom stereocenters. The summed E-state index contributed by atoms with van der Waals surface area (Å²) in [7, 11) is 0. The Labute approximate surface area is 99.6 Å². The molecule has 17 heavy (non-hydrogen) atoms. The molecule has 0 saturated heterocycles. The molecule has 1 aliphatic carbocycles. The van der Waals surface area contributed by atoms with Gasteiger partial charge in [-0.2, -0.15) is 0 Å². The molecule has 2 rings (SSSR count). The van der Waals surface area contributed by atoms with Gasteiger partial charge in [0.1, 0.15) is 0 Å². The summed E-state index contributed by atoms with van der Waals surface area (Å²) in [5.41, 5.74) is 2.18. The largest absolute Gasteiger partial charge is 0.481 e. The maximum Gasteiger partial charge on any atom is 0.307 e. The molecule has 0 aliphatic heterocycles. The van der Waals surface area contributed by atoms with E-state index in [1.54, 1.807) is 0 Å². The van der Waals surface area contributed by atoms with Crippen LogP contribution in [0.2, 0.25) is 0 Å². The van der Waals surface area contributed by atoms with Gasteiger partial charge in [0.15, 0.2) is 0 Å². The number of nitrogens with one attached hydrogen (secondary N) is 1. The fourth-order valence-electron chi connectivity index (χ4n) is 1.90. The number of carbonyl (C=O) groups is 2. The summed E-state index contributed by atoms with van der Waals surface area (Å²) >= 11 is 0. The maximum absolute atomic E-state index is 11.6. The molecule has 1 amide bonds. The van der Waals surface area contributed by atoms with Crippen LogP contribution in [0.1, 0.15) is 17.5 Å².